The van der Waals surface area contributed by atoms with Crippen molar-refractivity contribution in [2.45, 2.75) is 31.7 Å². The van der Waals surface area contributed by atoms with Crippen LogP contribution in [0, 0.1) is 23.1 Å². The molecule has 0 bridgehead atoms. The first-order valence-corrected chi connectivity index (χ1v) is 10.2. The summed E-state index contributed by atoms with van der Waals surface area (Å²) in [5.74, 6) is 0.632. The molecule has 0 radical (unpaired) electrons. The molecule has 1 aliphatic heterocycles. The molecule has 2 fully saturated rings. The van der Waals surface area contributed by atoms with Gasteiger partial charge in [-0.2, -0.15) is 10.4 Å². The molecular formula is C22H21FN6O. The van der Waals surface area contributed by atoms with E-state index in [0.717, 1.165) is 37.8 Å². The van der Waals surface area contributed by atoms with E-state index < -0.39 is 5.82 Å². The smallest absolute Gasteiger partial charge is 0.251 e. The highest BCUT2D eigenvalue weighted by Gasteiger charge is 2.29. The van der Waals surface area contributed by atoms with E-state index in [1.807, 2.05) is 6.07 Å². The molecule has 2 aromatic heterocycles. The zero-order valence-electron chi connectivity index (χ0n) is 16.4. The van der Waals surface area contributed by atoms with Crippen molar-refractivity contribution >= 4 is 17.4 Å². The van der Waals surface area contributed by atoms with Crippen LogP contribution in [0.25, 0.3) is 5.65 Å². The van der Waals surface area contributed by atoms with E-state index >= 15 is 0 Å². The zero-order valence-corrected chi connectivity index (χ0v) is 16.4. The molecule has 1 N–H and O–H groups in total. The predicted molar refractivity (Wildman–Crippen MR) is 108 cm³/mol. The summed E-state index contributed by atoms with van der Waals surface area (Å²) in [5.41, 5.74) is 2.02. The summed E-state index contributed by atoms with van der Waals surface area (Å²) in [6.45, 7) is 1.42. The number of halogens is 1. The fourth-order valence-electron chi connectivity index (χ4n) is 4.08. The van der Waals surface area contributed by atoms with Gasteiger partial charge >= 0.3 is 0 Å². The van der Waals surface area contributed by atoms with Crippen LogP contribution in [-0.2, 0) is 0 Å². The average Bonchev–Trinajstić information content (AvgIpc) is 3.29. The number of rotatable bonds is 5. The standard InChI is InChI=1S/C22H21FN6O/c23-18-9-15(8-16(10-18)22(30)25-12-14-3-4-14)19-2-1-6-28(19)20-5-7-29-21(27-20)17(11-24)13-26-29/h5,7-10,13-14,19H,1-4,6,12H2,(H,25,30)/t19-/m1/s1. The second-order valence-corrected chi connectivity index (χ2v) is 8.00. The van der Waals surface area contributed by atoms with E-state index in [-0.39, 0.29) is 11.9 Å². The van der Waals surface area contributed by atoms with E-state index in [1.54, 1.807) is 16.8 Å². The fourth-order valence-corrected chi connectivity index (χ4v) is 4.08. The van der Waals surface area contributed by atoms with E-state index in [0.29, 0.717) is 35.1 Å². The zero-order chi connectivity index (χ0) is 20.7. The number of anilines is 1. The molecule has 1 aromatic carbocycles. The number of carbonyl (C=O) groups is 1. The molecule has 0 spiro atoms. The number of carbonyl (C=O) groups excluding carboxylic acids is 1. The maximum absolute atomic E-state index is 14.4. The van der Waals surface area contributed by atoms with Crippen LogP contribution in [-0.4, -0.2) is 33.6 Å². The van der Waals surface area contributed by atoms with Crippen molar-refractivity contribution in [3.05, 3.63) is 59.2 Å². The van der Waals surface area contributed by atoms with Gasteiger partial charge in [-0.15, -0.1) is 0 Å². The quantitative estimate of drug-likeness (QED) is 0.706. The first kappa shape index (κ1) is 18.6. The molecule has 1 saturated heterocycles. The van der Waals surface area contributed by atoms with Crippen molar-refractivity contribution in [3.8, 4) is 6.07 Å². The van der Waals surface area contributed by atoms with Gasteiger partial charge in [0.05, 0.1) is 12.2 Å². The van der Waals surface area contributed by atoms with Gasteiger partial charge in [0.2, 0.25) is 0 Å². The Kier molecular flexibility index (Phi) is 4.58. The number of fused-ring (bicyclic) bond motifs is 1. The third-order valence-electron chi connectivity index (χ3n) is 5.84. The van der Waals surface area contributed by atoms with Gasteiger partial charge in [0.1, 0.15) is 23.3 Å². The first-order valence-electron chi connectivity index (χ1n) is 10.2. The van der Waals surface area contributed by atoms with Gasteiger partial charge in [0.25, 0.3) is 5.91 Å². The summed E-state index contributed by atoms with van der Waals surface area (Å²) in [4.78, 5) is 19.2. The maximum Gasteiger partial charge on any atom is 0.251 e. The summed E-state index contributed by atoms with van der Waals surface area (Å²) in [6.07, 6.45) is 7.33. The third kappa shape index (κ3) is 3.47. The van der Waals surface area contributed by atoms with Crippen LogP contribution < -0.4 is 10.2 Å². The van der Waals surface area contributed by atoms with Crippen molar-refractivity contribution in [1.29, 1.82) is 5.26 Å². The number of hydrogen-bond acceptors (Lipinski definition) is 5. The second kappa shape index (κ2) is 7.41. The minimum atomic E-state index is -0.415. The normalized spacial score (nSPS) is 18.5. The Morgan fingerprint density at radius 2 is 2.17 bits per heavy atom. The Labute approximate surface area is 173 Å². The molecule has 3 aromatic rings. The highest BCUT2D eigenvalue weighted by atomic mass is 19.1. The van der Waals surface area contributed by atoms with E-state index in [9.17, 15) is 14.4 Å². The summed E-state index contributed by atoms with van der Waals surface area (Å²) in [5, 5.41) is 16.3. The van der Waals surface area contributed by atoms with E-state index in [2.05, 4.69) is 26.4 Å². The molecule has 8 heteroatoms. The van der Waals surface area contributed by atoms with Gasteiger partial charge in [-0.25, -0.2) is 13.9 Å². The van der Waals surface area contributed by atoms with Crippen LogP contribution in [0.5, 0.6) is 0 Å². The molecule has 7 nitrogen and oxygen atoms in total. The number of nitrogens with zero attached hydrogens (tertiary/aromatic N) is 5. The molecule has 1 amide bonds. The van der Waals surface area contributed by atoms with Gasteiger partial charge in [-0.3, -0.25) is 4.79 Å². The van der Waals surface area contributed by atoms with Crippen molar-refractivity contribution in [1.82, 2.24) is 19.9 Å². The molecule has 2 aliphatic rings. The lowest BCUT2D eigenvalue weighted by molar-refractivity contribution is 0.0951. The SMILES string of the molecule is N#Cc1cnn2ccc(N3CCC[C@@H]3c3cc(F)cc(C(=O)NCC4CC4)c3)nc12. The highest BCUT2D eigenvalue weighted by Crippen LogP contribution is 2.36. The fraction of sp³-hybridized carbons (Fsp3) is 0.364. The maximum atomic E-state index is 14.4. The van der Waals surface area contributed by atoms with Gasteiger partial charge in [-0.05, 0) is 61.4 Å². The number of nitrogens with one attached hydrogen (secondary N) is 1. The van der Waals surface area contributed by atoms with E-state index in [1.165, 1.54) is 18.3 Å². The largest absolute Gasteiger partial charge is 0.352 e. The summed E-state index contributed by atoms with van der Waals surface area (Å²) < 4.78 is 16.0. The van der Waals surface area contributed by atoms with Crippen LogP contribution in [0.1, 0.15) is 53.2 Å². The van der Waals surface area contributed by atoms with Crippen molar-refractivity contribution in [3.63, 3.8) is 0 Å². The number of nitriles is 1. The number of hydrogen-bond donors (Lipinski definition) is 1. The molecular weight excluding hydrogens is 383 g/mol. The number of benzene rings is 1. The molecule has 1 atom stereocenters. The molecule has 30 heavy (non-hydrogen) atoms. The molecule has 152 valence electrons. The van der Waals surface area contributed by atoms with Crippen LogP contribution in [0.4, 0.5) is 10.2 Å². The number of aromatic nitrogens is 3. The second-order valence-electron chi connectivity index (χ2n) is 8.00. The van der Waals surface area contributed by atoms with Crippen molar-refractivity contribution in [2.75, 3.05) is 18.0 Å². The highest BCUT2D eigenvalue weighted by molar-refractivity contribution is 5.94. The Morgan fingerprint density at radius 3 is 2.97 bits per heavy atom. The van der Waals surface area contributed by atoms with Crippen LogP contribution in [0.3, 0.4) is 0 Å². The molecule has 1 aliphatic carbocycles. The summed E-state index contributed by atoms with van der Waals surface area (Å²) in [7, 11) is 0. The molecule has 3 heterocycles. The topological polar surface area (TPSA) is 86.3 Å². The Bertz CT molecular complexity index is 1160. The molecule has 0 unspecified atom stereocenters. The van der Waals surface area contributed by atoms with Gasteiger partial charge in [0.15, 0.2) is 5.65 Å². The number of amides is 1. The van der Waals surface area contributed by atoms with Crippen molar-refractivity contribution in [2.24, 2.45) is 5.92 Å². The summed E-state index contributed by atoms with van der Waals surface area (Å²) in [6, 6.07) is 8.44. The Hall–Kier alpha value is -3.47. The first-order chi connectivity index (χ1) is 14.6. The third-order valence-corrected chi connectivity index (χ3v) is 5.84. The lowest BCUT2D eigenvalue weighted by Crippen LogP contribution is -2.27. The van der Waals surface area contributed by atoms with Crippen LogP contribution in [0.2, 0.25) is 0 Å². The summed E-state index contributed by atoms with van der Waals surface area (Å²) >= 11 is 0. The van der Waals surface area contributed by atoms with Crippen LogP contribution in [0.15, 0.2) is 36.7 Å². The average molecular weight is 404 g/mol. The Balaban J connectivity index is 1.44. The minimum absolute atomic E-state index is 0.0842. The molecule has 1 saturated carbocycles. The predicted octanol–water partition coefficient (Wildman–Crippen LogP) is 3.22. The van der Waals surface area contributed by atoms with Crippen LogP contribution >= 0.6 is 0 Å². The lowest BCUT2D eigenvalue weighted by atomic mass is 10.0. The van der Waals surface area contributed by atoms with E-state index in [4.69, 9.17) is 0 Å². The Morgan fingerprint density at radius 1 is 1.30 bits per heavy atom. The van der Waals surface area contributed by atoms with Gasteiger partial charge in [0, 0.05) is 24.8 Å². The minimum Gasteiger partial charge on any atom is -0.352 e. The lowest BCUT2D eigenvalue weighted by Gasteiger charge is -2.26. The monoisotopic (exact) mass is 404 g/mol. The molecule has 5 rings (SSSR count). The van der Waals surface area contributed by atoms with Crippen molar-refractivity contribution < 1.29 is 9.18 Å². The van der Waals surface area contributed by atoms with Gasteiger partial charge < -0.3 is 10.2 Å². The van der Waals surface area contributed by atoms with Gasteiger partial charge in [-0.1, -0.05) is 0 Å².